The van der Waals surface area contributed by atoms with E-state index < -0.39 is 28.4 Å². The molecule has 3 aromatic rings. The molecule has 0 aliphatic carbocycles. The average molecular weight is 576 g/mol. The molecule has 1 aliphatic heterocycles. The van der Waals surface area contributed by atoms with Gasteiger partial charge >= 0.3 is 0 Å². The van der Waals surface area contributed by atoms with Crippen molar-refractivity contribution in [1.82, 2.24) is 4.90 Å². The Morgan fingerprint density at radius 1 is 1.00 bits per heavy atom. The van der Waals surface area contributed by atoms with Gasteiger partial charge in [-0.2, -0.15) is 0 Å². The number of nitrogens with zero attached hydrogens (tertiary/aromatic N) is 2. The molecular formula is C29H25N3O8S. The van der Waals surface area contributed by atoms with E-state index in [4.69, 9.17) is 9.47 Å². The van der Waals surface area contributed by atoms with Gasteiger partial charge in [0, 0.05) is 23.4 Å². The molecular weight excluding hydrogens is 550 g/mol. The molecule has 0 atom stereocenters. The van der Waals surface area contributed by atoms with Gasteiger partial charge in [-0.3, -0.25) is 34.2 Å². The smallest absolute Gasteiger partial charge is 0.293 e. The Balaban J connectivity index is 1.42. The SMILES string of the molecule is CCOc1cc(/C=C2\SC(=O)N(CC(=O)c3ccc([N+](=O)[O-])cc3)C2=O)ccc1OCC(=O)Nc1ccc(C)cc1. The van der Waals surface area contributed by atoms with E-state index in [0.29, 0.717) is 41.1 Å². The molecule has 1 saturated heterocycles. The van der Waals surface area contributed by atoms with Crippen molar-refractivity contribution in [2.24, 2.45) is 0 Å². The minimum atomic E-state index is -0.638. The second-order valence-corrected chi connectivity index (χ2v) is 9.83. The highest BCUT2D eigenvalue weighted by Crippen LogP contribution is 2.35. The molecule has 41 heavy (non-hydrogen) atoms. The number of hydrogen-bond donors (Lipinski definition) is 1. The number of carbonyl (C=O) groups excluding carboxylic acids is 4. The van der Waals surface area contributed by atoms with Crippen LogP contribution in [0, 0.1) is 17.0 Å². The number of nitrogens with one attached hydrogen (secondary N) is 1. The first-order chi connectivity index (χ1) is 19.6. The van der Waals surface area contributed by atoms with E-state index in [1.165, 1.54) is 30.3 Å². The Morgan fingerprint density at radius 3 is 2.37 bits per heavy atom. The molecule has 11 nitrogen and oxygen atoms in total. The third kappa shape index (κ3) is 7.37. The van der Waals surface area contributed by atoms with Crippen molar-refractivity contribution in [3.8, 4) is 11.5 Å². The minimum Gasteiger partial charge on any atom is -0.490 e. The van der Waals surface area contributed by atoms with Crippen LogP contribution in [0.3, 0.4) is 0 Å². The number of carbonyl (C=O) groups is 4. The van der Waals surface area contributed by atoms with E-state index >= 15 is 0 Å². The van der Waals surface area contributed by atoms with Gasteiger partial charge in [-0.25, -0.2) is 0 Å². The van der Waals surface area contributed by atoms with Gasteiger partial charge in [0.1, 0.15) is 0 Å². The molecule has 4 rings (SSSR count). The van der Waals surface area contributed by atoms with Crippen molar-refractivity contribution in [2.75, 3.05) is 25.1 Å². The molecule has 12 heteroatoms. The molecule has 1 N–H and O–H groups in total. The van der Waals surface area contributed by atoms with Gasteiger partial charge in [-0.15, -0.1) is 0 Å². The van der Waals surface area contributed by atoms with Crippen LogP contribution in [-0.2, 0) is 9.59 Å². The predicted octanol–water partition coefficient (Wildman–Crippen LogP) is 5.24. The lowest BCUT2D eigenvalue weighted by Crippen LogP contribution is -2.33. The maximum atomic E-state index is 12.9. The van der Waals surface area contributed by atoms with Crippen LogP contribution in [0.1, 0.15) is 28.4 Å². The first kappa shape index (κ1) is 29.0. The molecule has 0 radical (unpaired) electrons. The summed E-state index contributed by atoms with van der Waals surface area (Å²) in [5, 5.41) is 13.0. The number of anilines is 1. The maximum absolute atomic E-state index is 12.9. The van der Waals surface area contributed by atoms with Gasteiger partial charge in [0.05, 0.1) is 23.0 Å². The number of non-ortho nitro benzene ring substituents is 1. The Kier molecular flexibility index (Phi) is 9.15. The third-order valence-corrected chi connectivity index (χ3v) is 6.74. The fraction of sp³-hybridized carbons (Fsp3) is 0.172. The number of imide groups is 1. The zero-order valence-electron chi connectivity index (χ0n) is 22.1. The summed E-state index contributed by atoms with van der Waals surface area (Å²) in [6.07, 6.45) is 1.50. The second-order valence-electron chi connectivity index (χ2n) is 8.84. The van der Waals surface area contributed by atoms with Gasteiger partial charge in [0.25, 0.3) is 22.7 Å². The van der Waals surface area contributed by atoms with Crippen molar-refractivity contribution in [2.45, 2.75) is 13.8 Å². The van der Waals surface area contributed by atoms with E-state index in [2.05, 4.69) is 5.32 Å². The van der Waals surface area contributed by atoms with Crippen LogP contribution in [-0.4, -0.2) is 52.4 Å². The van der Waals surface area contributed by atoms with Gasteiger partial charge < -0.3 is 14.8 Å². The number of ether oxygens (including phenoxy) is 2. The standard InChI is InChI=1S/C29H25N3O8S/c1-3-39-25-14-19(6-13-24(25)40-17-27(34)30-21-9-4-18(2)5-10-21)15-26-28(35)31(29(36)41-26)16-23(33)20-7-11-22(12-8-20)32(37)38/h4-15H,3,16-17H2,1-2H3,(H,30,34)/b26-15-. The number of aryl methyl sites for hydroxylation is 1. The molecule has 210 valence electrons. The van der Waals surface area contributed by atoms with Crippen LogP contribution >= 0.6 is 11.8 Å². The number of benzene rings is 3. The highest BCUT2D eigenvalue weighted by Gasteiger charge is 2.36. The number of nitro groups is 1. The van der Waals surface area contributed by atoms with E-state index in [1.807, 2.05) is 19.1 Å². The van der Waals surface area contributed by atoms with Crippen molar-refractivity contribution in [1.29, 1.82) is 0 Å². The molecule has 1 fully saturated rings. The van der Waals surface area contributed by atoms with E-state index in [9.17, 15) is 29.3 Å². The number of nitro benzene ring substituents is 1. The second kappa shape index (κ2) is 12.9. The fourth-order valence-corrected chi connectivity index (χ4v) is 4.61. The lowest BCUT2D eigenvalue weighted by atomic mass is 10.1. The summed E-state index contributed by atoms with van der Waals surface area (Å²) in [4.78, 5) is 61.6. The number of thioether (sulfide) groups is 1. The monoisotopic (exact) mass is 575 g/mol. The molecule has 0 spiro atoms. The van der Waals surface area contributed by atoms with Crippen LogP contribution in [0.15, 0.2) is 71.6 Å². The quantitative estimate of drug-likeness (QED) is 0.140. The average Bonchev–Trinajstić information content (AvgIpc) is 3.21. The number of amides is 3. The lowest BCUT2D eigenvalue weighted by molar-refractivity contribution is -0.384. The summed E-state index contributed by atoms with van der Waals surface area (Å²) >= 11 is 0.691. The highest BCUT2D eigenvalue weighted by molar-refractivity contribution is 8.18. The topological polar surface area (TPSA) is 145 Å². The van der Waals surface area contributed by atoms with Crippen LogP contribution in [0.2, 0.25) is 0 Å². The minimum absolute atomic E-state index is 0.111. The van der Waals surface area contributed by atoms with Gasteiger partial charge in [-0.05, 0) is 73.6 Å². The normalized spacial score (nSPS) is 13.8. The van der Waals surface area contributed by atoms with Crippen LogP contribution < -0.4 is 14.8 Å². The first-order valence-electron chi connectivity index (χ1n) is 12.4. The molecule has 0 saturated carbocycles. The van der Waals surface area contributed by atoms with Crippen LogP contribution in [0.4, 0.5) is 16.2 Å². The Morgan fingerprint density at radius 2 is 1.71 bits per heavy atom. The van der Waals surface area contributed by atoms with Crippen LogP contribution in [0.5, 0.6) is 11.5 Å². The number of ketones is 1. The summed E-state index contributed by atoms with van der Waals surface area (Å²) in [5.41, 5.74) is 2.22. The molecule has 0 unspecified atom stereocenters. The summed E-state index contributed by atoms with van der Waals surface area (Å²) in [6, 6.07) is 17.1. The zero-order chi connectivity index (χ0) is 29.5. The number of rotatable bonds is 11. The summed E-state index contributed by atoms with van der Waals surface area (Å²) < 4.78 is 11.3. The molecule has 1 aliphatic rings. The van der Waals surface area contributed by atoms with E-state index in [1.54, 1.807) is 37.3 Å². The Labute approximate surface area is 239 Å². The Hall–Kier alpha value is -4.97. The highest BCUT2D eigenvalue weighted by atomic mass is 32.2. The lowest BCUT2D eigenvalue weighted by Gasteiger charge is -2.13. The van der Waals surface area contributed by atoms with Gasteiger partial charge in [0.2, 0.25) is 0 Å². The third-order valence-electron chi connectivity index (χ3n) is 5.83. The van der Waals surface area contributed by atoms with Crippen molar-refractivity contribution in [3.63, 3.8) is 0 Å². The molecule has 3 amide bonds. The maximum Gasteiger partial charge on any atom is 0.293 e. The van der Waals surface area contributed by atoms with Crippen molar-refractivity contribution < 1.29 is 33.6 Å². The van der Waals surface area contributed by atoms with Gasteiger partial charge in [-0.1, -0.05) is 23.8 Å². The number of hydrogen-bond acceptors (Lipinski definition) is 9. The molecule has 0 aromatic heterocycles. The van der Waals surface area contributed by atoms with Crippen molar-refractivity contribution >= 4 is 52.0 Å². The summed E-state index contributed by atoms with van der Waals surface area (Å²) in [5.74, 6) is -0.851. The fourth-order valence-electron chi connectivity index (χ4n) is 3.77. The predicted molar refractivity (Wildman–Crippen MR) is 153 cm³/mol. The van der Waals surface area contributed by atoms with Crippen LogP contribution in [0.25, 0.3) is 6.08 Å². The molecule has 1 heterocycles. The van der Waals surface area contributed by atoms with E-state index in [0.717, 1.165) is 10.5 Å². The first-order valence-corrected chi connectivity index (χ1v) is 13.3. The largest absolute Gasteiger partial charge is 0.490 e. The molecule has 3 aromatic carbocycles. The van der Waals surface area contributed by atoms with E-state index in [-0.39, 0.29) is 28.7 Å². The summed E-state index contributed by atoms with van der Waals surface area (Å²) in [6.45, 7) is 3.30. The van der Waals surface area contributed by atoms with Crippen molar-refractivity contribution in [3.05, 3.63) is 98.4 Å². The number of Topliss-reactive ketones (excluding diaryl/α,β-unsaturated/α-hetero) is 1. The molecule has 0 bridgehead atoms. The zero-order valence-corrected chi connectivity index (χ0v) is 22.9. The van der Waals surface area contributed by atoms with Gasteiger partial charge in [0.15, 0.2) is 23.9 Å². The Bertz CT molecular complexity index is 1530. The summed E-state index contributed by atoms with van der Waals surface area (Å²) in [7, 11) is 0.